The Hall–Kier alpha value is -1.47. The summed E-state index contributed by atoms with van der Waals surface area (Å²) in [5, 5.41) is 11.6. The maximum absolute atomic E-state index is 13.0. The van der Waals surface area contributed by atoms with Gasteiger partial charge in [0, 0.05) is 31.1 Å². The van der Waals surface area contributed by atoms with Crippen molar-refractivity contribution in [1.29, 1.82) is 0 Å². The summed E-state index contributed by atoms with van der Waals surface area (Å²) in [6, 6.07) is 0. The average molecular weight is 449 g/mol. The Bertz CT molecular complexity index is 855. The van der Waals surface area contributed by atoms with Crippen LogP contribution >= 0.6 is 0 Å². The molecule has 32 heavy (non-hydrogen) atoms. The van der Waals surface area contributed by atoms with E-state index in [1.165, 1.54) is 13.8 Å². The summed E-state index contributed by atoms with van der Waals surface area (Å²) in [5.41, 5.74) is -2.11. The number of esters is 2. The summed E-state index contributed by atoms with van der Waals surface area (Å²) in [5.74, 6) is 0.0358. The second-order valence-corrected chi connectivity index (χ2v) is 11.6. The second kappa shape index (κ2) is 7.02. The van der Waals surface area contributed by atoms with E-state index in [4.69, 9.17) is 14.2 Å². The van der Waals surface area contributed by atoms with E-state index in [1.54, 1.807) is 0 Å². The quantitative estimate of drug-likeness (QED) is 0.521. The van der Waals surface area contributed by atoms with Gasteiger partial charge in [-0.25, -0.2) is 0 Å². The maximum atomic E-state index is 13.0. The number of aliphatic hydroxyl groups is 1. The predicted octanol–water partition coefficient (Wildman–Crippen LogP) is 2.96. The van der Waals surface area contributed by atoms with Crippen molar-refractivity contribution in [3.63, 3.8) is 0 Å². The summed E-state index contributed by atoms with van der Waals surface area (Å²) in [7, 11) is 0. The van der Waals surface area contributed by atoms with Crippen LogP contribution in [-0.2, 0) is 28.6 Å². The van der Waals surface area contributed by atoms with Crippen molar-refractivity contribution in [3.05, 3.63) is 0 Å². The number of fused-ring (bicyclic) bond motifs is 4. The zero-order valence-electron chi connectivity index (χ0n) is 19.6. The number of hydrogen-bond donors (Lipinski definition) is 1. The second-order valence-electron chi connectivity index (χ2n) is 11.6. The van der Waals surface area contributed by atoms with Crippen molar-refractivity contribution in [2.24, 2.45) is 28.6 Å². The van der Waals surface area contributed by atoms with E-state index < -0.39 is 17.0 Å². The van der Waals surface area contributed by atoms with Crippen LogP contribution < -0.4 is 0 Å². The van der Waals surface area contributed by atoms with Gasteiger partial charge in [-0.1, -0.05) is 13.8 Å². The monoisotopic (exact) mass is 448 g/mol. The minimum absolute atomic E-state index is 0.0288. The topological polar surface area (TPSA) is 102 Å². The molecule has 0 aromatic rings. The summed E-state index contributed by atoms with van der Waals surface area (Å²) in [6.07, 6.45) is 6.65. The van der Waals surface area contributed by atoms with E-state index in [2.05, 4.69) is 13.8 Å². The molecule has 0 aromatic heterocycles. The Morgan fingerprint density at radius 3 is 2.31 bits per heavy atom. The molecule has 5 aliphatic rings. The van der Waals surface area contributed by atoms with Crippen molar-refractivity contribution >= 4 is 17.7 Å². The minimum Gasteiger partial charge on any atom is -0.462 e. The molecule has 4 aliphatic carbocycles. The number of ether oxygens (including phenoxy) is 3. The smallest absolute Gasteiger partial charge is 0.303 e. The van der Waals surface area contributed by atoms with E-state index >= 15 is 0 Å². The predicted molar refractivity (Wildman–Crippen MR) is 113 cm³/mol. The third-order valence-electron chi connectivity index (χ3n) is 10.4. The van der Waals surface area contributed by atoms with E-state index in [1.807, 2.05) is 0 Å². The lowest BCUT2D eigenvalue weighted by molar-refractivity contribution is -0.175. The Balaban J connectivity index is 1.38. The first-order chi connectivity index (χ1) is 15.0. The first-order valence-corrected chi connectivity index (χ1v) is 12.2. The first kappa shape index (κ1) is 22.3. The number of carbonyl (C=O) groups is 3. The molecular formula is C25H36O7. The number of Topliss-reactive ketones (excluding diaryl/α,β-unsaturated/α-hetero) is 1. The van der Waals surface area contributed by atoms with Crippen molar-refractivity contribution in [1.82, 2.24) is 0 Å². The molecule has 0 bridgehead atoms. The molecule has 0 amide bonds. The molecule has 7 nitrogen and oxygen atoms in total. The van der Waals surface area contributed by atoms with Gasteiger partial charge in [-0.15, -0.1) is 0 Å². The van der Waals surface area contributed by atoms with Crippen molar-refractivity contribution in [3.8, 4) is 0 Å². The lowest BCUT2D eigenvalue weighted by Gasteiger charge is -2.59. The van der Waals surface area contributed by atoms with E-state index in [9.17, 15) is 19.5 Å². The van der Waals surface area contributed by atoms with Gasteiger partial charge < -0.3 is 19.3 Å². The number of epoxide rings is 1. The first-order valence-electron chi connectivity index (χ1n) is 12.2. The SMILES string of the molecule is CC(=O)OCC(=O)C1(O)CCC2C3C[C@@H]4O[C@@]45CC(OC(C)=O)CCC5(C)C3CCC21C. The molecule has 178 valence electrons. The summed E-state index contributed by atoms with van der Waals surface area (Å²) in [4.78, 5) is 35.7. The zero-order chi connectivity index (χ0) is 23.1. The molecule has 0 radical (unpaired) electrons. The van der Waals surface area contributed by atoms with Crippen LogP contribution in [0, 0.1) is 28.6 Å². The highest BCUT2D eigenvalue weighted by Gasteiger charge is 2.77. The van der Waals surface area contributed by atoms with Gasteiger partial charge in [-0.05, 0) is 62.7 Å². The van der Waals surface area contributed by atoms with E-state index in [-0.39, 0.29) is 47.5 Å². The van der Waals surface area contributed by atoms with Gasteiger partial charge in [0.1, 0.15) is 17.3 Å². The highest BCUT2D eigenvalue weighted by molar-refractivity contribution is 5.90. The van der Waals surface area contributed by atoms with Gasteiger partial charge in [0.05, 0.1) is 6.10 Å². The molecule has 1 saturated heterocycles. The Labute approximate surface area is 189 Å². The van der Waals surface area contributed by atoms with Crippen molar-refractivity contribution in [2.75, 3.05) is 6.61 Å². The molecule has 4 saturated carbocycles. The Morgan fingerprint density at radius 1 is 0.969 bits per heavy atom. The van der Waals surface area contributed by atoms with Gasteiger partial charge in [0.2, 0.25) is 5.78 Å². The summed E-state index contributed by atoms with van der Waals surface area (Å²) in [6.45, 7) is 6.83. The molecule has 1 spiro atoms. The fourth-order valence-corrected chi connectivity index (χ4v) is 8.74. The van der Waals surface area contributed by atoms with Gasteiger partial charge in [0.25, 0.3) is 0 Å². The van der Waals surface area contributed by atoms with Crippen LogP contribution in [0.25, 0.3) is 0 Å². The van der Waals surface area contributed by atoms with E-state index in [0.29, 0.717) is 18.3 Å². The normalized spacial score (nSPS) is 50.8. The molecule has 5 rings (SSSR count). The number of hydrogen-bond acceptors (Lipinski definition) is 7. The third-order valence-corrected chi connectivity index (χ3v) is 10.4. The molecule has 1 N–H and O–H groups in total. The Morgan fingerprint density at radius 2 is 1.62 bits per heavy atom. The minimum atomic E-state index is -1.44. The lowest BCUT2D eigenvalue weighted by Crippen LogP contribution is -2.61. The van der Waals surface area contributed by atoms with E-state index in [0.717, 1.165) is 44.9 Å². The van der Waals surface area contributed by atoms with Crippen LogP contribution in [0.5, 0.6) is 0 Å². The van der Waals surface area contributed by atoms with Crippen LogP contribution in [0.3, 0.4) is 0 Å². The average Bonchev–Trinajstić information content (AvgIpc) is 3.34. The molecule has 7 unspecified atom stereocenters. The molecule has 1 heterocycles. The summed E-state index contributed by atoms with van der Waals surface area (Å²) >= 11 is 0. The number of carbonyl (C=O) groups excluding carboxylic acids is 3. The van der Waals surface area contributed by atoms with Crippen LogP contribution in [0.4, 0.5) is 0 Å². The molecule has 9 atom stereocenters. The standard InChI is InChI=1S/C25H36O7/c1-14(26)30-13-20(28)24(29)10-7-18-17-11-21-25(32-21)12-16(31-15(2)27)5-8-23(25,4)19(17)6-9-22(18,24)3/h16-19,21,29H,5-13H2,1-4H3/t16?,17?,18?,19?,21-,22?,23?,24?,25-/m0/s1. The number of ketones is 1. The molecule has 5 fully saturated rings. The fraction of sp³-hybridized carbons (Fsp3) is 0.880. The fourth-order valence-electron chi connectivity index (χ4n) is 8.74. The van der Waals surface area contributed by atoms with Crippen LogP contribution in [0.1, 0.15) is 79.1 Å². The van der Waals surface area contributed by atoms with Gasteiger partial charge in [-0.2, -0.15) is 0 Å². The van der Waals surface area contributed by atoms with Gasteiger partial charge >= 0.3 is 11.9 Å². The highest BCUT2D eigenvalue weighted by atomic mass is 16.6. The molecular weight excluding hydrogens is 412 g/mol. The largest absolute Gasteiger partial charge is 0.462 e. The molecule has 0 aromatic carbocycles. The summed E-state index contributed by atoms with van der Waals surface area (Å²) < 4.78 is 17.0. The third kappa shape index (κ3) is 2.82. The van der Waals surface area contributed by atoms with Gasteiger partial charge in [-0.3, -0.25) is 14.4 Å². The highest BCUT2D eigenvalue weighted by Crippen LogP contribution is 2.74. The molecule has 1 aliphatic heterocycles. The Kier molecular flexibility index (Phi) is 4.90. The van der Waals surface area contributed by atoms with Crippen LogP contribution in [-0.4, -0.2) is 52.8 Å². The van der Waals surface area contributed by atoms with Gasteiger partial charge in [0.15, 0.2) is 6.61 Å². The zero-order valence-corrected chi connectivity index (χ0v) is 19.6. The maximum Gasteiger partial charge on any atom is 0.303 e. The van der Waals surface area contributed by atoms with Crippen LogP contribution in [0.2, 0.25) is 0 Å². The lowest BCUT2D eigenvalue weighted by atomic mass is 9.44. The van der Waals surface area contributed by atoms with Crippen molar-refractivity contribution in [2.45, 2.75) is 102 Å². The molecule has 7 heteroatoms. The van der Waals surface area contributed by atoms with Crippen LogP contribution in [0.15, 0.2) is 0 Å². The van der Waals surface area contributed by atoms with Crippen molar-refractivity contribution < 1.29 is 33.7 Å². The number of rotatable bonds is 4.